The first-order chi connectivity index (χ1) is 8.59. The van der Waals surface area contributed by atoms with E-state index in [1.54, 1.807) is 0 Å². The third-order valence-corrected chi connectivity index (χ3v) is 4.50. The van der Waals surface area contributed by atoms with Gasteiger partial charge in [0.1, 0.15) is 0 Å². The first-order valence-electron chi connectivity index (χ1n) is 7.06. The average Bonchev–Trinajstić information content (AvgIpc) is 2.53. The van der Waals surface area contributed by atoms with E-state index in [1.807, 2.05) is 0 Å². The fourth-order valence-electron chi connectivity index (χ4n) is 3.20. The van der Waals surface area contributed by atoms with Crippen molar-refractivity contribution in [3.8, 4) is 0 Å². The van der Waals surface area contributed by atoms with Gasteiger partial charge in [-0.05, 0) is 44.4 Å². The molecule has 1 N–H and O–H groups in total. The van der Waals surface area contributed by atoms with Gasteiger partial charge >= 0.3 is 0 Å². The fraction of sp³-hybridized carbons (Fsp3) is 0.857. The van der Waals surface area contributed by atoms with Gasteiger partial charge in [0.25, 0.3) is 0 Å². The largest absolute Gasteiger partial charge is 0.394 e. The molecule has 0 aromatic rings. The smallest absolute Gasteiger partial charge is 0.229 e. The monoisotopic (exact) mass is 253 g/mol. The summed E-state index contributed by atoms with van der Waals surface area (Å²) in [5, 5.41) is 9.76. The number of imide groups is 1. The molecule has 1 heterocycles. The Balaban J connectivity index is 2.23. The third-order valence-electron chi connectivity index (χ3n) is 4.50. The molecule has 0 aromatic heterocycles. The van der Waals surface area contributed by atoms with E-state index in [-0.39, 0.29) is 18.4 Å². The Morgan fingerprint density at radius 1 is 1.17 bits per heavy atom. The van der Waals surface area contributed by atoms with Crippen LogP contribution in [0.5, 0.6) is 0 Å². The molecule has 2 fully saturated rings. The lowest BCUT2D eigenvalue weighted by atomic mass is 9.76. The second-order valence-electron chi connectivity index (χ2n) is 5.89. The zero-order valence-corrected chi connectivity index (χ0v) is 11.2. The summed E-state index contributed by atoms with van der Waals surface area (Å²) in [4.78, 5) is 25.7. The molecule has 4 nitrogen and oxygen atoms in total. The number of hydrogen-bond donors (Lipinski definition) is 1. The van der Waals surface area contributed by atoms with Crippen LogP contribution in [0.15, 0.2) is 0 Å². The van der Waals surface area contributed by atoms with Gasteiger partial charge in [-0.1, -0.05) is 6.92 Å². The van der Waals surface area contributed by atoms with Crippen LogP contribution in [0.3, 0.4) is 0 Å². The van der Waals surface area contributed by atoms with Crippen molar-refractivity contribution in [2.75, 3.05) is 6.61 Å². The molecule has 2 rings (SSSR count). The van der Waals surface area contributed by atoms with Crippen molar-refractivity contribution in [3.63, 3.8) is 0 Å². The Labute approximate surface area is 108 Å². The first kappa shape index (κ1) is 13.5. The SMILES string of the molecule is CC1CCC(CO)(N2C(=O)CCCCC2=O)CC1. The molecular weight excluding hydrogens is 230 g/mol. The van der Waals surface area contributed by atoms with Crippen LogP contribution in [0.1, 0.15) is 58.3 Å². The summed E-state index contributed by atoms with van der Waals surface area (Å²) in [6, 6.07) is 0. The highest BCUT2D eigenvalue weighted by Gasteiger charge is 2.44. The molecule has 2 amide bonds. The molecule has 1 saturated heterocycles. The van der Waals surface area contributed by atoms with E-state index in [0.29, 0.717) is 18.8 Å². The Kier molecular flexibility index (Phi) is 4.05. The van der Waals surface area contributed by atoms with Crippen LogP contribution in [-0.4, -0.2) is 34.0 Å². The summed E-state index contributed by atoms with van der Waals surface area (Å²) in [7, 11) is 0. The zero-order chi connectivity index (χ0) is 13.2. The molecule has 4 heteroatoms. The summed E-state index contributed by atoms with van der Waals surface area (Å²) in [6.45, 7) is 2.10. The van der Waals surface area contributed by atoms with Crippen molar-refractivity contribution < 1.29 is 14.7 Å². The topological polar surface area (TPSA) is 57.6 Å². The summed E-state index contributed by atoms with van der Waals surface area (Å²) < 4.78 is 0. The van der Waals surface area contributed by atoms with Gasteiger partial charge in [0.2, 0.25) is 11.8 Å². The van der Waals surface area contributed by atoms with Crippen LogP contribution in [0.4, 0.5) is 0 Å². The van der Waals surface area contributed by atoms with Crippen molar-refractivity contribution >= 4 is 11.8 Å². The first-order valence-corrected chi connectivity index (χ1v) is 7.06. The number of carbonyl (C=O) groups excluding carboxylic acids is 2. The molecule has 0 aromatic carbocycles. The maximum absolute atomic E-state index is 12.2. The molecule has 1 saturated carbocycles. The van der Waals surface area contributed by atoms with Gasteiger partial charge in [0.15, 0.2) is 0 Å². The predicted octanol–water partition coefficient (Wildman–Crippen LogP) is 1.86. The van der Waals surface area contributed by atoms with Gasteiger partial charge in [-0.15, -0.1) is 0 Å². The Morgan fingerprint density at radius 2 is 1.67 bits per heavy atom. The molecule has 102 valence electrons. The zero-order valence-electron chi connectivity index (χ0n) is 11.2. The molecule has 0 radical (unpaired) electrons. The van der Waals surface area contributed by atoms with Gasteiger partial charge in [0.05, 0.1) is 12.1 Å². The minimum atomic E-state index is -0.606. The van der Waals surface area contributed by atoms with Crippen molar-refractivity contribution in [1.82, 2.24) is 4.90 Å². The number of carbonyl (C=O) groups is 2. The quantitative estimate of drug-likeness (QED) is 0.764. The van der Waals surface area contributed by atoms with Crippen LogP contribution < -0.4 is 0 Å². The Bertz CT molecular complexity index is 314. The number of amides is 2. The lowest BCUT2D eigenvalue weighted by Gasteiger charge is -2.45. The second-order valence-corrected chi connectivity index (χ2v) is 5.89. The van der Waals surface area contributed by atoms with Gasteiger partial charge in [0, 0.05) is 12.8 Å². The average molecular weight is 253 g/mol. The van der Waals surface area contributed by atoms with Crippen LogP contribution >= 0.6 is 0 Å². The molecular formula is C14H23NO3. The highest BCUT2D eigenvalue weighted by molar-refractivity contribution is 5.97. The number of rotatable bonds is 2. The summed E-state index contributed by atoms with van der Waals surface area (Å²) in [5.41, 5.74) is -0.606. The van der Waals surface area contributed by atoms with Crippen molar-refractivity contribution in [2.24, 2.45) is 5.92 Å². The number of nitrogens with zero attached hydrogens (tertiary/aromatic N) is 1. The molecule has 0 atom stereocenters. The number of hydrogen-bond acceptors (Lipinski definition) is 3. The molecule has 1 aliphatic heterocycles. The van der Waals surface area contributed by atoms with Gasteiger partial charge in [-0.2, -0.15) is 0 Å². The molecule has 0 unspecified atom stereocenters. The Morgan fingerprint density at radius 3 is 2.11 bits per heavy atom. The highest BCUT2D eigenvalue weighted by Crippen LogP contribution is 2.38. The van der Waals surface area contributed by atoms with E-state index >= 15 is 0 Å². The molecule has 0 spiro atoms. The van der Waals surface area contributed by atoms with E-state index in [2.05, 4.69) is 6.92 Å². The van der Waals surface area contributed by atoms with Crippen molar-refractivity contribution in [1.29, 1.82) is 0 Å². The molecule has 2 aliphatic rings. The van der Waals surface area contributed by atoms with Crippen LogP contribution in [0.25, 0.3) is 0 Å². The standard InChI is InChI=1S/C14H23NO3/c1-11-6-8-14(10-16,9-7-11)15-12(17)4-2-3-5-13(15)18/h11,16H,2-10H2,1H3. The molecule has 0 bridgehead atoms. The van der Waals surface area contributed by atoms with Crippen LogP contribution in [0.2, 0.25) is 0 Å². The van der Waals surface area contributed by atoms with E-state index in [4.69, 9.17) is 0 Å². The highest BCUT2D eigenvalue weighted by atomic mass is 16.3. The molecule has 18 heavy (non-hydrogen) atoms. The predicted molar refractivity (Wildman–Crippen MR) is 67.8 cm³/mol. The summed E-state index contributed by atoms with van der Waals surface area (Å²) in [6.07, 6.45) is 5.95. The van der Waals surface area contributed by atoms with E-state index in [1.165, 1.54) is 4.90 Å². The number of aliphatic hydroxyl groups is 1. The minimum absolute atomic E-state index is 0.0823. The van der Waals surface area contributed by atoms with Crippen LogP contribution in [0, 0.1) is 5.92 Å². The normalized spacial score (nSPS) is 34.6. The van der Waals surface area contributed by atoms with E-state index in [0.717, 1.165) is 38.5 Å². The molecule has 1 aliphatic carbocycles. The van der Waals surface area contributed by atoms with Gasteiger partial charge in [-0.3, -0.25) is 14.5 Å². The second kappa shape index (κ2) is 5.39. The summed E-state index contributed by atoms with van der Waals surface area (Å²) in [5.74, 6) is 0.462. The number of likely N-dealkylation sites (tertiary alicyclic amines) is 1. The maximum Gasteiger partial charge on any atom is 0.229 e. The van der Waals surface area contributed by atoms with Gasteiger partial charge < -0.3 is 5.11 Å². The fourth-order valence-corrected chi connectivity index (χ4v) is 3.20. The lowest BCUT2D eigenvalue weighted by molar-refractivity contribution is -0.156. The third kappa shape index (κ3) is 2.44. The van der Waals surface area contributed by atoms with Crippen molar-refractivity contribution in [2.45, 2.75) is 63.8 Å². The van der Waals surface area contributed by atoms with Crippen molar-refractivity contribution in [3.05, 3.63) is 0 Å². The van der Waals surface area contributed by atoms with Gasteiger partial charge in [-0.25, -0.2) is 0 Å². The minimum Gasteiger partial charge on any atom is -0.394 e. The lowest BCUT2D eigenvalue weighted by Crippen LogP contribution is -2.58. The Hall–Kier alpha value is -0.900. The maximum atomic E-state index is 12.2. The number of aliphatic hydroxyl groups excluding tert-OH is 1. The summed E-state index contributed by atoms with van der Waals surface area (Å²) >= 11 is 0. The van der Waals surface area contributed by atoms with E-state index < -0.39 is 5.54 Å². The van der Waals surface area contributed by atoms with E-state index in [9.17, 15) is 14.7 Å². The van der Waals surface area contributed by atoms with Crippen LogP contribution in [-0.2, 0) is 9.59 Å².